The highest BCUT2D eigenvalue weighted by Gasteiger charge is 2.10. The van der Waals surface area contributed by atoms with Crippen molar-refractivity contribution in [1.82, 2.24) is 29.7 Å². The van der Waals surface area contributed by atoms with Crippen LogP contribution in [0.2, 0.25) is 0 Å². The number of hydrogen-bond acceptors (Lipinski definition) is 6. The van der Waals surface area contributed by atoms with Crippen LogP contribution in [0.4, 0.5) is 11.4 Å². The highest BCUT2D eigenvalue weighted by atomic mass is 15.1. The normalized spacial score (nSPS) is 11.7. The second-order valence-electron chi connectivity index (χ2n) is 12.0. The van der Waals surface area contributed by atoms with Crippen molar-refractivity contribution in [3.63, 3.8) is 0 Å². The maximum Gasteiger partial charge on any atom is 0.138 e. The van der Waals surface area contributed by atoms with Gasteiger partial charge in [0.05, 0.1) is 22.1 Å². The number of hydrogen-bond donors (Lipinski definition) is 4. The maximum atomic E-state index is 4.93. The monoisotopic (exact) mass is 586 g/mol. The molecule has 2 heterocycles. The third-order valence-electron chi connectivity index (χ3n) is 7.84. The summed E-state index contributed by atoms with van der Waals surface area (Å²) in [6, 6.07) is 29.8. The highest BCUT2D eigenvalue weighted by Crippen LogP contribution is 2.30. The predicted octanol–water partition coefficient (Wildman–Crippen LogP) is 7.17. The highest BCUT2D eigenvalue weighted by molar-refractivity contribution is 5.88. The smallest absolute Gasteiger partial charge is 0.138 e. The number of anilines is 2. The van der Waals surface area contributed by atoms with E-state index in [0.717, 1.165) is 106 Å². The van der Waals surface area contributed by atoms with Crippen molar-refractivity contribution in [2.75, 3.05) is 65.0 Å². The Balaban J connectivity index is 1.14. The van der Waals surface area contributed by atoms with Gasteiger partial charge in [-0.05, 0) is 138 Å². The molecule has 0 radical (unpaired) electrons. The Morgan fingerprint density at radius 2 is 0.909 bits per heavy atom. The minimum atomic E-state index is 0.874. The molecule has 0 bridgehead atoms. The summed E-state index contributed by atoms with van der Waals surface area (Å²) in [5.41, 5.74) is 10.6. The van der Waals surface area contributed by atoms with Crippen LogP contribution in [0.1, 0.15) is 12.8 Å². The molecule has 0 spiro atoms. The van der Waals surface area contributed by atoms with Crippen molar-refractivity contribution in [3.05, 3.63) is 84.9 Å². The van der Waals surface area contributed by atoms with Gasteiger partial charge in [-0.15, -0.1) is 0 Å². The van der Waals surface area contributed by atoms with Crippen molar-refractivity contribution in [3.8, 4) is 33.9 Å². The Labute approximate surface area is 259 Å². The number of benzene rings is 4. The zero-order valence-electron chi connectivity index (χ0n) is 26.1. The Morgan fingerprint density at radius 1 is 0.523 bits per heavy atom. The van der Waals surface area contributed by atoms with Gasteiger partial charge in [0.1, 0.15) is 11.6 Å². The van der Waals surface area contributed by atoms with Gasteiger partial charge >= 0.3 is 0 Å². The molecule has 0 unspecified atom stereocenters. The molecule has 0 aliphatic heterocycles. The van der Waals surface area contributed by atoms with E-state index < -0.39 is 0 Å². The summed E-state index contributed by atoms with van der Waals surface area (Å²) in [6.07, 6.45) is 2.22. The summed E-state index contributed by atoms with van der Waals surface area (Å²) in [5.74, 6) is 1.75. The van der Waals surface area contributed by atoms with Crippen molar-refractivity contribution < 1.29 is 0 Å². The number of nitrogens with zero attached hydrogens (tertiary/aromatic N) is 4. The summed E-state index contributed by atoms with van der Waals surface area (Å²) in [7, 11) is 8.41. The van der Waals surface area contributed by atoms with Gasteiger partial charge in [-0.3, -0.25) is 0 Å². The number of aromatic nitrogens is 4. The van der Waals surface area contributed by atoms with Crippen LogP contribution in [0.5, 0.6) is 0 Å². The molecule has 226 valence electrons. The summed E-state index contributed by atoms with van der Waals surface area (Å²) in [5, 5.41) is 7.00. The molecule has 2 aromatic heterocycles. The Morgan fingerprint density at radius 3 is 1.30 bits per heavy atom. The third kappa shape index (κ3) is 7.10. The maximum absolute atomic E-state index is 4.93. The van der Waals surface area contributed by atoms with E-state index in [2.05, 4.69) is 144 Å². The van der Waals surface area contributed by atoms with E-state index >= 15 is 0 Å². The van der Waals surface area contributed by atoms with Crippen molar-refractivity contribution in [1.29, 1.82) is 0 Å². The fourth-order valence-corrected chi connectivity index (χ4v) is 5.39. The molecule has 6 rings (SSSR count). The molecule has 0 atom stereocenters. The SMILES string of the molecule is CN(C)CCCNc1ccc(-c2nc3cc(-c4ccc5[nH]c(-c6ccc(NCCCN(C)C)cc6)nc5c4)ccc3[nH]2)cc1. The molecule has 0 amide bonds. The first kappa shape index (κ1) is 29.4. The van der Waals surface area contributed by atoms with E-state index in [-0.39, 0.29) is 0 Å². The van der Waals surface area contributed by atoms with Crippen molar-refractivity contribution in [2.45, 2.75) is 12.8 Å². The van der Waals surface area contributed by atoms with E-state index in [0.29, 0.717) is 0 Å². The van der Waals surface area contributed by atoms with Crippen LogP contribution in [0, 0.1) is 0 Å². The van der Waals surface area contributed by atoms with Gasteiger partial charge in [0, 0.05) is 35.6 Å². The number of imidazole rings is 2. The van der Waals surface area contributed by atoms with Gasteiger partial charge in [0.25, 0.3) is 0 Å². The van der Waals surface area contributed by atoms with Gasteiger partial charge in [-0.2, -0.15) is 0 Å². The first-order valence-electron chi connectivity index (χ1n) is 15.4. The predicted molar refractivity (Wildman–Crippen MR) is 185 cm³/mol. The first-order valence-corrected chi connectivity index (χ1v) is 15.4. The van der Waals surface area contributed by atoms with Gasteiger partial charge in [0.15, 0.2) is 0 Å². The molecular weight excluding hydrogens is 544 g/mol. The van der Waals surface area contributed by atoms with Crippen LogP contribution in [-0.2, 0) is 0 Å². The average Bonchev–Trinajstić information content (AvgIpc) is 3.66. The molecule has 8 nitrogen and oxygen atoms in total. The fourth-order valence-electron chi connectivity index (χ4n) is 5.39. The fraction of sp³-hybridized carbons (Fsp3) is 0.278. The van der Waals surface area contributed by atoms with Crippen LogP contribution in [0.15, 0.2) is 84.9 Å². The van der Waals surface area contributed by atoms with Gasteiger partial charge in [-0.25, -0.2) is 9.97 Å². The molecule has 4 aromatic carbocycles. The Bertz CT molecular complexity index is 1680. The molecular formula is C36H42N8. The van der Waals surface area contributed by atoms with Crippen molar-refractivity contribution in [2.24, 2.45) is 0 Å². The number of aromatic amines is 2. The second kappa shape index (κ2) is 13.3. The molecule has 4 N–H and O–H groups in total. The lowest BCUT2D eigenvalue weighted by Crippen LogP contribution is -2.16. The zero-order valence-corrected chi connectivity index (χ0v) is 26.1. The third-order valence-corrected chi connectivity index (χ3v) is 7.84. The molecule has 0 saturated heterocycles. The standard InChI is InChI=1S/C36H42N8/c1-43(2)21-5-19-37-29-13-7-25(8-14-29)35-39-31-17-11-27(23-33(31)41-35)28-12-18-32-34(24-28)42-36(40-32)26-9-15-30(16-10-26)38-20-6-22-44(3)4/h7-18,23-24,37-38H,5-6,19-22H2,1-4H3,(H,39,41)(H,40,42). The minimum absolute atomic E-state index is 0.874. The lowest BCUT2D eigenvalue weighted by atomic mass is 10.0. The van der Waals surface area contributed by atoms with Crippen LogP contribution in [0.3, 0.4) is 0 Å². The van der Waals surface area contributed by atoms with Crippen LogP contribution in [-0.4, -0.2) is 84.1 Å². The van der Waals surface area contributed by atoms with Gasteiger partial charge in [-0.1, -0.05) is 12.1 Å². The van der Waals surface area contributed by atoms with Crippen molar-refractivity contribution >= 4 is 33.4 Å². The lowest BCUT2D eigenvalue weighted by Gasteiger charge is -2.10. The number of rotatable bonds is 13. The largest absolute Gasteiger partial charge is 0.385 e. The van der Waals surface area contributed by atoms with E-state index in [1.807, 2.05) is 0 Å². The summed E-state index contributed by atoms with van der Waals surface area (Å²) < 4.78 is 0. The summed E-state index contributed by atoms with van der Waals surface area (Å²) >= 11 is 0. The molecule has 8 heteroatoms. The number of fused-ring (bicyclic) bond motifs is 2. The minimum Gasteiger partial charge on any atom is -0.385 e. The second-order valence-corrected chi connectivity index (χ2v) is 12.0. The van der Waals surface area contributed by atoms with Crippen LogP contribution in [0.25, 0.3) is 56.0 Å². The van der Waals surface area contributed by atoms with E-state index in [1.165, 1.54) is 0 Å². The number of H-pyrrole nitrogens is 2. The molecule has 44 heavy (non-hydrogen) atoms. The van der Waals surface area contributed by atoms with Crippen LogP contribution < -0.4 is 10.6 Å². The molecule has 0 fully saturated rings. The Hall–Kier alpha value is -4.66. The topological polar surface area (TPSA) is 87.9 Å². The van der Waals surface area contributed by atoms with Gasteiger partial charge < -0.3 is 30.4 Å². The summed E-state index contributed by atoms with van der Waals surface area (Å²) in [6.45, 7) is 4.07. The van der Waals surface area contributed by atoms with E-state index in [4.69, 9.17) is 9.97 Å². The van der Waals surface area contributed by atoms with E-state index in [9.17, 15) is 0 Å². The van der Waals surface area contributed by atoms with E-state index in [1.54, 1.807) is 0 Å². The first-order chi connectivity index (χ1) is 21.4. The zero-order chi connectivity index (χ0) is 30.5. The Kier molecular flexibility index (Phi) is 8.91. The summed E-state index contributed by atoms with van der Waals surface area (Å²) in [4.78, 5) is 21.2. The molecule has 0 saturated carbocycles. The van der Waals surface area contributed by atoms with Crippen LogP contribution >= 0.6 is 0 Å². The lowest BCUT2D eigenvalue weighted by molar-refractivity contribution is 0.405. The average molecular weight is 587 g/mol. The molecule has 0 aliphatic carbocycles. The molecule has 6 aromatic rings. The number of nitrogens with one attached hydrogen (secondary N) is 4. The quantitative estimate of drug-likeness (QED) is 0.107. The van der Waals surface area contributed by atoms with Gasteiger partial charge in [0.2, 0.25) is 0 Å². The molecule has 0 aliphatic rings.